The second kappa shape index (κ2) is 11.7. The van der Waals surface area contributed by atoms with E-state index >= 15 is 0 Å². The summed E-state index contributed by atoms with van der Waals surface area (Å²) in [4.78, 5) is 39.6. The topological polar surface area (TPSA) is 111 Å². The molecule has 0 radical (unpaired) electrons. The van der Waals surface area contributed by atoms with Crippen LogP contribution in [0.4, 0.5) is 0 Å². The Balaban J connectivity index is 2.12. The quantitative estimate of drug-likeness (QED) is 0.296. The summed E-state index contributed by atoms with van der Waals surface area (Å²) in [6, 6.07) is 4.77. The Bertz CT molecular complexity index is 1060. The van der Waals surface area contributed by atoms with E-state index in [9.17, 15) is 19.5 Å². The number of phenolic OH excluding ortho intramolecular Hbond substituents is 1. The molecule has 3 rings (SSSR count). The van der Waals surface area contributed by atoms with Gasteiger partial charge in [0.2, 0.25) is 0 Å². The molecule has 2 N–H and O–H groups in total. The van der Waals surface area contributed by atoms with Crippen molar-refractivity contribution in [2.75, 3.05) is 31.8 Å². The number of benzene rings is 1. The molecule has 1 aliphatic heterocycles. The van der Waals surface area contributed by atoms with Gasteiger partial charge in [0.1, 0.15) is 12.5 Å². The number of methoxy groups -OCH3 is 1. The lowest BCUT2D eigenvalue weighted by atomic mass is 9.69. The molecular formula is C26H33NO7S. The maximum absolute atomic E-state index is 13.7. The molecule has 8 nitrogen and oxygen atoms in total. The van der Waals surface area contributed by atoms with Gasteiger partial charge in [0.15, 0.2) is 17.3 Å². The molecule has 9 heteroatoms. The molecule has 35 heavy (non-hydrogen) atoms. The number of ether oxygens (including phenoxy) is 3. The fraction of sp³-hybridized carbons (Fsp3) is 0.500. The molecule has 3 atom stereocenters. The van der Waals surface area contributed by atoms with E-state index in [1.807, 2.05) is 13.8 Å². The Hall–Kier alpha value is -2.94. The van der Waals surface area contributed by atoms with Gasteiger partial charge in [-0.15, -0.1) is 0 Å². The van der Waals surface area contributed by atoms with Gasteiger partial charge in [-0.25, -0.2) is 4.79 Å². The summed E-state index contributed by atoms with van der Waals surface area (Å²) >= 11 is 1.66. The van der Waals surface area contributed by atoms with Crippen molar-refractivity contribution in [2.24, 2.45) is 11.8 Å². The molecule has 0 fully saturated rings. The van der Waals surface area contributed by atoms with E-state index in [0.29, 0.717) is 46.9 Å². The highest BCUT2D eigenvalue weighted by atomic mass is 32.2. The Morgan fingerprint density at radius 2 is 2.00 bits per heavy atom. The minimum Gasteiger partial charge on any atom is -0.504 e. The van der Waals surface area contributed by atoms with Gasteiger partial charge in [0.25, 0.3) is 0 Å². The Morgan fingerprint density at radius 1 is 1.26 bits per heavy atom. The van der Waals surface area contributed by atoms with Crippen LogP contribution in [0, 0.1) is 11.8 Å². The third kappa shape index (κ3) is 5.50. The maximum atomic E-state index is 13.7. The van der Waals surface area contributed by atoms with Crippen LogP contribution >= 0.6 is 11.8 Å². The van der Waals surface area contributed by atoms with Crippen molar-refractivity contribution in [1.82, 2.24) is 5.32 Å². The number of carbonyl (C=O) groups excluding carboxylic acids is 3. The summed E-state index contributed by atoms with van der Waals surface area (Å²) < 4.78 is 16.1. The van der Waals surface area contributed by atoms with Crippen molar-refractivity contribution in [2.45, 2.75) is 40.0 Å². The van der Waals surface area contributed by atoms with E-state index in [-0.39, 0.29) is 29.8 Å². The minimum atomic E-state index is -0.969. The SMILES string of the molecule is CCOc1cc([C@H]2C(C(=O)OCCSCC)=C(C)NC3=C2C(=O)[C@@H](C(=O)OC)[C@@H](C)C3)ccc1O. The summed E-state index contributed by atoms with van der Waals surface area (Å²) in [6.07, 6.45) is 0.445. The van der Waals surface area contributed by atoms with Crippen molar-refractivity contribution in [1.29, 1.82) is 0 Å². The lowest BCUT2D eigenvalue weighted by molar-refractivity contribution is -0.151. The van der Waals surface area contributed by atoms with E-state index in [4.69, 9.17) is 14.2 Å². The van der Waals surface area contributed by atoms with Crippen LogP contribution in [-0.2, 0) is 23.9 Å². The van der Waals surface area contributed by atoms with Crippen LogP contribution < -0.4 is 10.1 Å². The number of thioether (sulfide) groups is 1. The summed E-state index contributed by atoms with van der Waals surface area (Å²) in [6.45, 7) is 8.01. The number of allylic oxidation sites excluding steroid dienone is 3. The number of phenols is 1. The van der Waals surface area contributed by atoms with Crippen LogP contribution in [-0.4, -0.2) is 54.7 Å². The molecule has 0 amide bonds. The Labute approximate surface area is 210 Å². The maximum Gasteiger partial charge on any atom is 0.336 e. The van der Waals surface area contributed by atoms with E-state index in [1.54, 1.807) is 37.7 Å². The normalized spacial score (nSPS) is 21.9. The molecule has 0 spiro atoms. The van der Waals surface area contributed by atoms with Gasteiger partial charge < -0.3 is 24.6 Å². The van der Waals surface area contributed by atoms with Crippen molar-refractivity contribution >= 4 is 29.5 Å². The molecular weight excluding hydrogens is 470 g/mol. The van der Waals surface area contributed by atoms with Crippen LogP contribution in [0.3, 0.4) is 0 Å². The zero-order chi connectivity index (χ0) is 25.7. The van der Waals surface area contributed by atoms with Gasteiger partial charge in [-0.3, -0.25) is 9.59 Å². The first-order chi connectivity index (χ1) is 16.7. The summed E-state index contributed by atoms with van der Waals surface area (Å²) in [5, 5.41) is 13.5. The second-order valence-electron chi connectivity index (χ2n) is 8.53. The average molecular weight is 504 g/mol. The standard InChI is InChI=1S/C26H33NO7S/c1-6-33-19-13-16(8-9-18(19)28)22-21(26(31)34-10-11-35-7-2)15(4)27-17-12-14(3)20(25(30)32-5)24(29)23(17)22/h8-9,13-14,20,22,27-28H,6-7,10-12H2,1-5H3/t14-,20-,22-/m0/s1. The van der Waals surface area contributed by atoms with Gasteiger partial charge in [-0.1, -0.05) is 19.9 Å². The van der Waals surface area contributed by atoms with Gasteiger partial charge >= 0.3 is 11.9 Å². The smallest absolute Gasteiger partial charge is 0.336 e. The van der Waals surface area contributed by atoms with Crippen LogP contribution in [0.1, 0.15) is 45.6 Å². The van der Waals surface area contributed by atoms with Gasteiger partial charge in [0.05, 0.1) is 19.3 Å². The summed E-state index contributed by atoms with van der Waals surface area (Å²) in [5.74, 6) is -1.76. The van der Waals surface area contributed by atoms with Crippen molar-refractivity contribution < 1.29 is 33.7 Å². The van der Waals surface area contributed by atoms with Crippen LogP contribution in [0.25, 0.3) is 0 Å². The lowest BCUT2D eigenvalue weighted by Crippen LogP contribution is -2.43. The van der Waals surface area contributed by atoms with Crippen LogP contribution in [0.15, 0.2) is 40.7 Å². The fourth-order valence-electron chi connectivity index (χ4n) is 4.68. The number of esters is 2. The zero-order valence-corrected chi connectivity index (χ0v) is 21.6. The highest BCUT2D eigenvalue weighted by molar-refractivity contribution is 7.99. The number of rotatable bonds is 9. The molecule has 1 aromatic carbocycles. The van der Waals surface area contributed by atoms with Crippen molar-refractivity contribution in [3.8, 4) is 11.5 Å². The predicted octanol–water partition coefficient (Wildman–Crippen LogP) is 3.70. The van der Waals surface area contributed by atoms with Gasteiger partial charge in [-0.05, 0) is 49.6 Å². The number of dihydropyridines is 1. The molecule has 1 aromatic rings. The number of hydrogen-bond acceptors (Lipinski definition) is 9. The third-order valence-electron chi connectivity index (χ3n) is 6.24. The lowest BCUT2D eigenvalue weighted by Gasteiger charge is -2.38. The second-order valence-corrected chi connectivity index (χ2v) is 9.92. The monoisotopic (exact) mass is 503 g/mol. The Kier molecular flexibility index (Phi) is 8.88. The predicted molar refractivity (Wildman–Crippen MR) is 133 cm³/mol. The number of carbonyl (C=O) groups is 3. The van der Waals surface area contributed by atoms with Crippen molar-refractivity contribution in [3.63, 3.8) is 0 Å². The minimum absolute atomic E-state index is 0.0452. The molecule has 0 aromatic heterocycles. The molecule has 0 saturated carbocycles. The van der Waals surface area contributed by atoms with E-state index in [1.165, 1.54) is 13.2 Å². The largest absolute Gasteiger partial charge is 0.504 e. The van der Waals surface area contributed by atoms with Crippen LogP contribution in [0.2, 0.25) is 0 Å². The first-order valence-corrected chi connectivity index (χ1v) is 12.9. The highest BCUT2D eigenvalue weighted by Crippen LogP contribution is 2.46. The van der Waals surface area contributed by atoms with Gasteiger partial charge in [-0.2, -0.15) is 11.8 Å². The van der Waals surface area contributed by atoms with Gasteiger partial charge in [0, 0.05) is 28.6 Å². The number of Topliss-reactive ketones (excluding diaryl/α,β-unsaturated/α-hetero) is 1. The summed E-state index contributed by atoms with van der Waals surface area (Å²) in [5.41, 5.74) is 2.48. The average Bonchev–Trinajstić information content (AvgIpc) is 2.82. The highest BCUT2D eigenvalue weighted by Gasteiger charge is 2.47. The molecule has 1 heterocycles. The van der Waals surface area contributed by atoms with Crippen molar-refractivity contribution in [3.05, 3.63) is 46.3 Å². The van der Waals surface area contributed by atoms with E-state index < -0.39 is 23.8 Å². The molecule has 0 bridgehead atoms. The third-order valence-corrected chi connectivity index (χ3v) is 7.11. The molecule has 190 valence electrons. The molecule has 0 unspecified atom stereocenters. The van der Waals surface area contributed by atoms with E-state index in [2.05, 4.69) is 5.32 Å². The first-order valence-electron chi connectivity index (χ1n) is 11.8. The molecule has 2 aliphatic rings. The number of ketones is 1. The molecule has 0 saturated heterocycles. The number of aromatic hydroxyl groups is 1. The summed E-state index contributed by atoms with van der Waals surface area (Å²) in [7, 11) is 1.26. The molecule has 1 aliphatic carbocycles. The number of hydrogen-bond donors (Lipinski definition) is 2. The van der Waals surface area contributed by atoms with Crippen LogP contribution in [0.5, 0.6) is 11.5 Å². The van der Waals surface area contributed by atoms with E-state index in [0.717, 1.165) is 5.75 Å². The number of nitrogens with one attached hydrogen (secondary N) is 1. The fourth-order valence-corrected chi connectivity index (χ4v) is 5.17. The Morgan fingerprint density at radius 3 is 2.66 bits per heavy atom. The first kappa shape index (κ1) is 26.7. The zero-order valence-electron chi connectivity index (χ0n) is 20.8.